The van der Waals surface area contributed by atoms with Gasteiger partial charge in [0.1, 0.15) is 5.69 Å². The summed E-state index contributed by atoms with van der Waals surface area (Å²) in [6.45, 7) is 3.21. The minimum Gasteiger partial charge on any atom is -0.378 e. The van der Waals surface area contributed by atoms with E-state index >= 15 is 0 Å². The molecule has 1 aliphatic rings. The van der Waals surface area contributed by atoms with Crippen molar-refractivity contribution in [2.45, 2.75) is 17.2 Å². The largest absolute Gasteiger partial charge is 0.378 e. The van der Waals surface area contributed by atoms with Crippen LogP contribution in [0.4, 0.5) is 5.69 Å². The highest BCUT2D eigenvalue weighted by Crippen LogP contribution is 2.29. The van der Waals surface area contributed by atoms with Crippen molar-refractivity contribution in [1.82, 2.24) is 9.78 Å². The molecular formula is C22H23N3O2S. The molecule has 1 fully saturated rings. The van der Waals surface area contributed by atoms with Crippen molar-refractivity contribution in [3.8, 4) is 0 Å². The number of thioether (sulfide) groups is 1. The molecule has 0 saturated carbocycles. The molecule has 1 saturated heterocycles. The van der Waals surface area contributed by atoms with E-state index in [1.807, 2.05) is 54.7 Å². The number of aromatic nitrogens is 2. The van der Waals surface area contributed by atoms with E-state index in [0.29, 0.717) is 19.8 Å². The van der Waals surface area contributed by atoms with E-state index in [1.54, 1.807) is 16.4 Å². The second-order valence-electron chi connectivity index (χ2n) is 6.68. The van der Waals surface area contributed by atoms with Gasteiger partial charge in [-0.25, -0.2) is 4.68 Å². The van der Waals surface area contributed by atoms with Gasteiger partial charge in [0.05, 0.1) is 30.9 Å². The first-order valence-corrected chi connectivity index (χ1v) is 10.4. The smallest absolute Gasteiger partial charge is 0.291 e. The van der Waals surface area contributed by atoms with Crippen LogP contribution in [0.15, 0.2) is 76.6 Å². The molecule has 28 heavy (non-hydrogen) atoms. The molecule has 2 heterocycles. The van der Waals surface area contributed by atoms with Crippen molar-refractivity contribution in [1.29, 1.82) is 0 Å². The Balaban J connectivity index is 1.64. The van der Waals surface area contributed by atoms with E-state index in [9.17, 15) is 4.79 Å². The van der Waals surface area contributed by atoms with Crippen molar-refractivity contribution >= 4 is 17.4 Å². The quantitative estimate of drug-likeness (QED) is 0.601. The maximum atomic E-state index is 13.3. The lowest BCUT2D eigenvalue weighted by Gasteiger charge is -2.29. The predicted octanol–water partition coefficient (Wildman–Crippen LogP) is 3.42. The summed E-state index contributed by atoms with van der Waals surface area (Å²) in [6.07, 6.45) is 1.84. The summed E-state index contributed by atoms with van der Waals surface area (Å²) in [5.74, 6) is 0.808. The molecule has 0 N–H and O–H groups in total. The highest BCUT2D eigenvalue weighted by molar-refractivity contribution is 7.98. The van der Waals surface area contributed by atoms with Crippen LogP contribution in [-0.4, -0.2) is 36.1 Å². The van der Waals surface area contributed by atoms with E-state index in [4.69, 9.17) is 4.74 Å². The average molecular weight is 394 g/mol. The van der Waals surface area contributed by atoms with E-state index in [2.05, 4.69) is 22.1 Å². The maximum Gasteiger partial charge on any atom is 0.291 e. The van der Waals surface area contributed by atoms with Gasteiger partial charge in [0.15, 0.2) is 0 Å². The summed E-state index contributed by atoms with van der Waals surface area (Å²) < 4.78 is 7.05. The van der Waals surface area contributed by atoms with Gasteiger partial charge in [-0.3, -0.25) is 4.79 Å². The third-order valence-corrected chi connectivity index (χ3v) is 5.81. The van der Waals surface area contributed by atoms with E-state index in [-0.39, 0.29) is 5.56 Å². The van der Waals surface area contributed by atoms with Gasteiger partial charge < -0.3 is 9.64 Å². The van der Waals surface area contributed by atoms with Gasteiger partial charge >= 0.3 is 0 Å². The molecule has 0 atom stereocenters. The third kappa shape index (κ3) is 4.46. The Labute approximate surface area is 169 Å². The fraction of sp³-hybridized carbons (Fsp3) is 0.273. The topological polar surface area (TPSA) is 47.4 Å². The summed E-state index contributed by atoms with van der Waals surface area (Å²) >= 11 is 1.66. The second-order valence-corrected chi connectivity index (χ2v) is 7.70. The van der Waals surface area contributed by atoms with Crippen LogP contribution in [0.2, 0.25) is 0 Å². The number of benzene rings is 2. The molecule has 3 aromatic rings. The van der Waals surface area contributed by atoms with Gasteiger partial charge in [-0.05, 0) is 11.1 Å². The Bertz CT molecular complexity index is 955. The fourth-order valence-corrected chi connectivity index (χ4v) is 4.24. The van der Waals surface area contributed by atoms with Crippen molar-refractivity contribution in [2.24, 2.45) is 0 Å². The lowest BCUT2D eigenvalue weighted by Crippen LogP contribution is -2.41. The van der Waals surface area contributed by atoms with Gasteiger partial charge in [0.25, 0.3) is 5.56 Å². The average Bonchev–Trinajstić information content (AvgIpc) is 2.76. The van der Waals surface area contributed by atoms with Gasteiger partial charge in [0, 0.05) is 18.8 Å². The first kappa shape index (κ1) is 18.8. The highest BCUT2D eigenvalue weighted by Gasteiger charge is 2.21. The summed E-state index contributed by atoms with van der Waals surface area (Å²) in [7, 11) is 0. The van der Waals surface area contributed by atoms with Crippen LogP contribution in [0.3, 0.4) is 0 Å². The van der Waals surface area contributed by atoms with Crippen molar-refractivity contribution < 1.29 is 4.74 Å². The van der Waals surface area contributed by atoms with Crippen molar-refractivity contribution in [2.75, 3.05) is 31.2 Å². The molecule has 0 unspecified atom stereocenters. The molecule has 6 heteroatoms. The number of morpholine rings is 1. The Hall–Kier alpha value is -2.57. The molecule has 0 bridgehead atoms. The molecule has 1 aromatic heterocycles. The van der Waals surface area contributed by atoms with E-state index in [0.717, 1.165) is 35.0 Å². The first-order chi connectivity index (χ1) is 13.8. The molecule has 4 rings (SSSR count). The van der Waals surface area contributed by atoms with E-state index in [1.165, 1.54) is 5.56 Å². The summed E-state index contributed by atoms with van der Waals surface area (Å²) in [6, 6.07) is 20.3. The van der Waals surface area contributed by atoms with Crippen molar-refractivity contribution in [3.63, 3.8) is 0 Å². The predicted molar refractivity (Wildman–Crippen MR) is 113 cm³/mol. The van der Waals surface area contributed by atoms with Crippen LogP contribution in [0, 0.1) is 0 Å². The molecule has 144 valence electrons. The minimum absolute atomic E-state index is 0.0381. The summed E-state index contributed by atoms with van der Waals surface area (Å²) in [5.41, 5.74) is 3.00. The standard InChI is InChI=1S/C22H23N3O2S/c26-22-21(24-11-13-27-14-12-24)20(28-17-19-9-5-2-6-10-19)15-23-25(22)16-18-7-3-1-4-8-18/h1-10,15H,11-14,16-17H2. The second kappa shape index (κ2) is 9.08. The molecule has 0 radical (unpaired) electrons. The molecule has 0 spiro atoms. The molecule has 1 aliphatic heterocycles. The monoisotopic (exact) mass is 393 g/mol. The highest BCUT2D eigenvalue weighted by atomic mass is 32.2. The van der Waals surface area contributed by atoms with Gasteiger partial charge in [-0.15, -0.1) is 11.8 Å². The third-order valence-electron chi connectivity index (χ3n) is 4.72. The van der Waals surface area contributed by atoms with Crippen LogP contribution in [0.25, 0.3) is 0 Å². The van der Waals surface area contributed by atoms with E-state index < -0.39 is 0 Å². The van der Waals surface area contributed by atoms with Crippen LogP contribution in [0.5, 0.6) is 0 Å². The zero-order valence-electron chi connectivity index (χ0n) is 15.7. The number of ether oxygens (including phenoxy) is 1. The Morgan fingerprint density at radius 2 is 1.57 bits per heavy atom. The normalized spacial score (nSPS) is 14.2. The lowest BCUT2D eigenvalue weighted by atomic mass is 10.2. The first-order valence-electron chi connectivity index (χ1n) is 9.45. The zero-order chi connectivity index (χ0) is 19.2. The number of anilines is 1. The number of nitrogens with zero attached hydrogens (tertiary/aromatic N) is 3. The molecule has 0 amide bonds. The van der Waals surface area contributed by atoms with Gasteiger partial charge in [-0.1, -0.05) is 60.7 Å². The van der Waals surface area contributed by atoms with Crippen LogP contribution in [-0.2, 0) is 17.0 Å². The number of hydrogen-bond donors (Lipinski definition) is 0. The number of hydrogen-bond acceptors (Lipinski definition) is 5. The molecule has 2 aromatic carbocycles. The maximum absolute atomic E-state index is 13.3. The number of rotatable bonds is 6. The lowest BCUT2D eigenvalue weighted by molar-refractivity contribution is 0.122. The summed E-state index contributed by atoms with van der Waals surface area (Å²) in [4.78, 5) is 16.4. The van der Waals surface area contributed by atoms with Crippen LogP contribution in [0.1, 0.15) is 11.1 Å². The van der Waals surface area contributed by atoms with Crippen LogP contribution >= 0.6 is 11.8 Å². The molecule has 5 nitrogen and oxygen atoms in total. The van der Waals surface area contributed by atoms with Crippen LogP contribution < -0.4 is 10.5 Å². The van der Waals surface area contributed by atoms with Crippen molar-refractivity contribution in [3.05, 3.63) is 88.3 Å². The minimum atomic E-state index is -0.0381. The van der Waals surface area contributed by atoms with Gasteiger partial charge in [0.2, 0.25) is 0 Å². The molecule has 0 aliphatic carbocycles. The Morgan fingerprint density at radius 1 is 0.929 bits per heavy atom. The fourth-order valence-electron chi connectivity index (χ4n) is 3.25. The Kier molecular flexibility index (Phi) is 6.09. The molecular weight excluding hydrogens is 370 g/mol. The summed E-state index contributed by atoms with van der Waals surface area (Å²) in [5, 5.41) is 4.47. The Morgan fingerprint density at radius 3 is 2.25 bits per heavy atom. The van der Waals surface area contributed by atoms with Gasteiger partial charge in [-0.2, -0.15) is 5.10 Å². The zero-order valence-corrected chi connectivity index (χ0v) is 16.5. The SMILES string of the molecule is O=c1c(N2CCOCC2)c(SCc2ccccc2)cnn1Cc1ccccc1.